The first-order valence-electron chi connectivity index (χ1n) is 7.79. The minimum atomic E-state index is -0.443. The Morgan fingerprint density at radius 3 is 2.56 bits per heavy atom. The van der Waals surface area contributed by atoms with E-state index in [1.165, 1.54) is 18.7 Å². The van der Waals surface area contributed by atoms with Crippen LogP contribution >= 0.6 is 11.8 Å². The highest BCUT2D eigenvalue weighted by Gasteiger charge is 2.20. The number of carbonyl (C=O) groups is 2. The fourth-order valence-corrected chi connectivity index (χ4v) is 3.20. The average Bonchev–Trinajstić information content (AvgIpc) is 2.56. The molecule has 25 heavy (non-hydrogen) atoms. The SMILES string of the molecule is CC(=O)c1cc(C#N)c(SC(C)C(=O)Nc2ccccc2C)nc1C. The summed E-state index contributed by atoms with van der Waals surface area (Å²) >= 11 is 1.21. The van der Waals surface area contributed by atoms with Crippen molar-refractivity contribution >= 4 is 29.1 Å². The van der Waals surface area contributed by atoms with Gasteiger partial charge in [-0.3, -0.25) is 9.59 Å². The second kappa shape index (κ2) is 7.95. The second-order valence-corrected chi connectivity index (χ2v) is 7.04. The van der Waals surface area contributed by atoms with E-state index >= 15 is 0 Å². The molecule has 5 nitrogen and oxygen atoms in total. The van der Waals surface area contributed by atoms with Crippen molar-refractivity contribution in [1.29, 1.82) is 5.26 Å². The lowest BCUT2D eigenvalue weighted by atomic mass is 10.1. The highest BCUT2D eigenvalue weighted by molar-refractivity contribution is 8.00. The molecule has 0 spiro atoms. The first-order chi connectivity index (χ1) is 11.8. The van der Waals surface area contributed by atoms with Gasteiger partial charge in [0, 0.05) is 16.9 Å². The Balaban J connectivity index is 2.20. The lowest BCUT2D eigenvalue weighted by Crippen LogP contribution is -2.23. The van der Waals surface area contributed by atoms with Gasteiger partial charge in [-0.15, -0.1) is 0 Å². The summed E-state index contributed by atoms with van der Waals surface area (Å²) in [7, 11) is 0. The van der Waals surface area contributed by atoms with Gasteiger partial charge in [-0.1, -0.05) is 30.0 Å². The summed E-state index contributed by atoms with van der Waals surface area (Å²) in [6, 6.07) is 11.1. The average molecular weight is 353 g/mol. The van der Waals surface area contributed by atoms with Crippen molar-refractivity contribution in [3.8, 4) is 6.07 Å². The summed E-state index contributed by atoms with van der Waals surface area (Å²) < 4.78 is 0. The molecule has 1 unspecified atom stereocenters. The molecule has 0 aliphatic carbocycles. The standard InChI is InChI=1S/C19H19N3O2S/c1-11-7-5-6-8-17(11)22-18(24)14(4)25-19-15(10-20)9-16(13(3)23)12(2)21-19/h5-9,14H,1-4H3,(H,22,24). The number of Topliss-reactive ketones (excluding diaryl/α,β-unsaturated/α-hetero) is 1. The van der Waals surface area contributed by atoms with E-state index in [0.29, 0.717) is 21.8 Å². The molecule has 1 aromatic heterocycles. The van der Waals surface area contributed by atoms with Crippen molar-refractivity contribution < 1.29 is 9.59 Å². The van der Waals surface area contributed by atoms with Gasteiger partial charge in [0.05, 0.1) is 10.8 Å². The Bertz CT molecular complexity index is 871. The molecular weight excluding hydrogens is 334 g/mol. The first-order valence-corrected chi connectivity index (χ1v) is 8.67. The van der Waals surface area contributed by atoms with Gasteiger partial charge in [0.1, 0.15) is 11.1 Å². The molecule has 1 heterocycles. The molecule has 128 valence electrons. The van der Waals surface area contributed by atoms with Gasteiger partial charge in [0.2, 0.25) is 5.91 Å². The van der Waals surface area contributed by atoms with Crippen LogP contribution < -0.4 is 5.32 Å². The zero-order chi connectivity index (χ0) is 18.6. The minimum Gasteiger partial charge on any atom is -0.325 e. The molecule has 2 aromatic rings. The molecule has 0 fully saturated rings. The van der Waals surface area contributed by atoms with Crippen LogP contribution in [0.15, 0.2) is 35.4 Å². The Morgan fingerprint density at radius 2 is 1.96 bits per heavy atom. The van der Waals surface area contributed by atoms with Crippen molar-refractivity contribution in [2.75, 3.05) is 5.32 Å². The lowest BCUT2D eigenvalue weighted by Gasteiger charge is -2.14. The number of thioether (sulfide) groups is 1. The van der Waals surface area contributed by atoms with E-state index in [2.05, 4.69) is 16.4 Å². The topological polar surface area (TPSA) is 82.8 Å². The van der Waals surface area contributed by atoms with Crippen LogP contribution in [0.4, 0.5) is 5.69 Å². The number of aryl methyl sites for hydroxylation is 2. The van der Waals surface area contributed by atoms with Gasteiger partial charge in [0.25, 0.3) is 0 Å². The Morgan fingerprint density at radius 1 is 1.28 bits per heavy atom. The van der Waals surface area contributed by atoms with Crippen LogP contribution in [0.2, 0.25) is 0 Å². The van der Waals surface area contributed by atoms with Gasteiger partial charge in [0.15, 0.2) is 5.78 Å². The smallest absolute Gasteiger partial charge is 0.237 e. The predicted octanol–water partition coefficient (Wildman–Crippen LogP) is 3.89. The summed E-state index contributed by atoms with van der Waals surface area (Å²) in [5.41, 5.74) is 3.02. The summed E-state index contributed by atoms with van der Waals surface area (Å²) in [5.74, 6) is -0.304. The highest BCUT2D eigenvalue weighted by atomic mass is 32.2. The number of hydrogen-bond acceptors (Lipinski definition) is 5. The molecule has 0 saturated carbocycles. The molecule has 0 bridgehead atoms. The fourth-order valence-electron chi connectivity index (χ4n) is 2.28. The van der Waals surface area contributed by atoms with Gasteiger partial charge < -0.3 is 5.32 Å². The van der Waals surface area contributed by atoms with E-state index < -0.39 is 5.25 Å². The van der Waals surface area contributed by atoms with Gasteiger partial charge in [-0.25, -0.2) is 4.98 Å². The van der Waals surface area contributed by atoms with Crippen LogP contribution in [0.5, 0.6) is 0 Å². The van der Waals surface area contributed by atoms with Gasteiger partial charge in [-0.05, 0) is 45.4 Å². The molecule has 0 aliphatic heterocycles. The molecule has 1 aromatic carbocycles. The number of hydrogen-bond donors (Lipinski definition) is 1. The number of carbonyl (C=O) groups excluding carboxylic acids is 2. The number of para-hydroxylation sites is 1. The highest BCUT2D eigenvalue weighted by Crippen LogP contribution is 2.27. The number of anilines is 1. The molecule has 0 saturated heterocycles. The maximum absolute atomic E-state index is 12.4. The number of benzene rings is 1. The van der Waals surface area contributed by atoms with Crippen LogP contribution in [0.1, 0.15) is 41.0 Å². The van der Waals surface area contributed by atoms with Crippen LogP contribution in [-0.2, 0) is 4.79 Å². The van der Waals surface area contributed by atoms with Crippen LogP contribution in [0.3, 0.4) is 0 Å². The number of nitrogens with zero attached hydrogens (tertiary/aromatic N) is 2. The number of pyridine rings is 1. The van der Waals surface area contributed by atoms with E-state index in [4.69, 9.17) is 0 Å². The summed E-state index contributed by atoms with van der Waals surface area (Å²) in [4.78, 5) is 28.4. The third-order valence-corrected chi connectivity index (χ3v) is 4.84. The third kappa shape index (κ3) is 4.46. The van der Waals surface area contributed by atoms with Crippen LogP contribution in [0.25, 0.3) is 0 Å². The fraction of sp³-hybridized carbons (Fsp3) is 0.263. The van der Waals surface area contributed by atoms with Crippen molar-refractivity contribution in [2.24, 2.45) is 0 Å². The Labute approximate surface area is 151 Å². The molecule has 1 N–H and O–H groups in total. The van der Waals surface area contributed by atoms with Crippen molar-refractivity contribution in [3.05, 3.63) is 52.7 Å². The summed E-state index contributed by atoms with van der Waals surface area (Å²) in [6.45, 7) is 6.85. The largest absolute Gasteiger partial charge is 0.325 e. The maximum atomic E-state index is 12.4. The summed E-state index contributed by atoms with van der Waals surface area (Å²) in [5, 5.41) is 12.2. The van der Waals surface area contributed by atoms with Crippen LogP contribution in [0, 0.1) is 25.2 Å². The number of nitrogens with one attached hydrogen (secondary N) is 1. The molecular formula is C19H19N3O2S. The van der Waals surface area contributed by atoms with Crippen molar-refractivity contribution in [1.82, 2.24) is 4.98 Å². The molecule has 2 rings (SSSR count). The second-order valence-electron chi connectivity index (χ2n) is 5.71. The molecule has 0 aliphatic rings. The van der Waals surface area contributed by atoms with Crippen molar-refractivity contribution in [2.45, 2.75) is 38.0 Å². The number of rotatable bonds is 5. The van der Waals surface area contributed by atoms with E-state index in [-0.39, 0.29) is 11.7 Å². The van der Waals surface area contributed by atoms with Gasteiger partial charge in [-0.2, -0.15) is 5.26 Å². The molecule has 6 heteroatoms. The molecule has 1 amide bonds. The molecule has 0 radical (unpaired) electrons. The molecule has 1 atom stereocenters. The van der Waals surface area contributed by atoms with E-state index in [9.17, 15) is 14.9 Å². The Hall–Kier alpha value is -2.65. The first kappa shape index (κ1) is 18.7. The number of aromatic nitrogens is 1. The van der Waals surface area contributed by atoms with E-state index in [1.807, 2.05) is 31.2 Å². The Kier molecular flexibility index (Phi) is 5.94. The lowest BCUT2D eigenvalue weighted by molar-refractivity contribution is -0.115. The van der Waals surface area contributed by atoms with E-state index in [1.54, 1.807) is 19.9 Å². The number of nitriles is 1. The predicted molar refractivity (Wildman–Crippen MR) is 98.8 cm³/mol. The van der Waals surface area contributed by atoms with E-state index in [0.717, 1.165) is 11.3 Å². The third-order valence-electron chi connectivity index (χ3n) is 3.74. The monoisotopic (exact) mass is 353 g/mol. The van der Waals surface area contributed by atoms with Crippen LogP contribution in [-0.4, -0.2) is 21.9 Å². The summed E-state index contributed by atoms with van der Waals surface area (Å²) in [6.07, 6.45) is 0. The normalized spacial score (nSPS) is 11.5. The quantitative estimate of drug-likeness (QED) is 0.651. The number of amides is 1. The van der Waals surface area contributed by atoms with Crippen molar-refractivity contribution in [3.63, 3.8) is 0 Å². The number of ketones is 1. The zero-order valence-corrected chi connectivity index (χ0v) is 15.4. The minimum absolute atomic E-state index is 0.136. The van der Waals surface area contributed by atoms with Gasteiger partial charge >= 0.3 is 0 Å². The maximum Gasteiger partial charge on any atom is 0.237 e. The zero-order valence-electron chi connectivity index (χ0n) is 14.6.